The summed E-state index contributed by atoms with van der Waals surface area (Å²) >= 11 is 0. The third-order valence-electron chi connectivity index (χ3n) is 6.24. The Morgan fingerprint density at radius 2 is 1.67 bits per heavy atom. The van der Waals surface area contributed by atoms with Crippen molar-refractivity contribution >= 4 is 22.4 Å². The zero-order chi connectivity index (χ0) is 23.1. The van der Waals surface area contributed by atoms with Crippen LogP contribution in [0.4, 0.5) is 20.3 Å². The Balaban J connectivity index is 1.76. The van der Waals surface area contributed by atoms with E-state index in [9.17, 15) is 8.78 Å². The van der Waals surface area contributed by atoms with Gasteiger partial charge in [0.05, 0.1) is 17.4 Å². The van der Waals surface area contributed by atoms with E-state index in [2.05, 4.69) is 14.9 Å². The number of nitrogens with zero attached hydrogens (tertiary/aromatic N) is 3. The average molecular weight is 446 g/mol. The Morgan fingerprint density at radius 3 is 2.42 bits per heavy atom. The van der Waals surface area contributed by atoms with Crippen molar-refractivity contribution in [1.29, 1.82) is 0 Å². The molecule has 1 saturated heterocycles. The highest BCUT2D eigenvalue weighted by molar-refractivity contribution is 6.02. The number of hydrogen-bond donors (Lipinski definition) is 2. The largest absolute Gasteiger partial charge is 0.383 e. The first-order valence-electron chi connectivity index (χ1n) is 11.0. The van der Waals surface area contributed by atoms with E-state index in [1.54, 1.807) is 6.20 Å². The highest BCUT2D eigenvalue weighted by atomic mass is 19.1. The van der Waals surface area contributed by atoms with Gasteiger partial charge in [-0.2, -0.15) is 0 Å². The van der Waals surface area contributed by atoms with Crippen molar-refractivity contribution in [1.82, 2.24) is 9.97 Å². The molecular formula is C26H25F2N5. The first-order valence-corrected chi connectivity index (χ1v) is 11.0. The molecule has 168 valence electrons. The fourth-order valence-electron chi connectivity index (χ4n) is 4.59. The maximum absolute atomic E-state index is 14.3. The zero-order valence-electron chi connectivity index (χ0n) is 18.4. The summed E-state index contributed by atoms with van der Waals surface area (Å²) in [5, 5.41) is 0.894. The number of rotatable bonds is 3. The van der Waals surface area contributed by atoms with Crippen molar-refractivity contribution in [3.63, 3.8) is 0 Å². The van der Waals surface area contributed by atoms with Gasteiger partial charge in [-0.25, -0.2) is 13.8 Å². The third kappa shape index (κ3) is 4.12. The van der Waals surface area contributed by atoms with Crippen LogP contribution in [0.5, 0.6) is 0 Å². The number of fused-ring (bicyclic) bond motifs is 1. The average Bonchev–Trinajstić information content (AvgIpc) is 2.79. The molecule has 4 N–H and O–H groups in total. The predicted molar refractivity (Wildman–Crippen MR) is 129 cm³/mol. The van der Waals surface area contributed by atoms with Crippen molar-refractivity contribution in [3.8, 4) is 22.3 Å². The minimum absolute atomic E-state index is 0.169. The van der Waals surface area contributed by atoms with Gasteiger partial charge in [0, 0.05) is 41.8 Å². The number of pyridine rings is 2. The predicted octanol–water partition coefficient (Wildman–Crippen LogP) is 5.06. The molecule has 4 aromatic rings. The highest BCUT2D eigenvalue weighted by Gasteiger charge is 2.23. The maximum Gasteiger partial charge on any atom is 0.142 e. The van der Waals surface area contributed by atoms with E-state index in [0.717, 1.165) is 71.0 Å². The minimum Gasteiger partial charge on any atom is -0.383 e. The van der Waals surface area contributed by atoms with E-state index >= 15 is 0 Å². The van der Waals surface area contributed by atoms with Gasteiger partial charge in [0.25, 0.3) is 0 Å². The van der Waals surface area contributed by atoms with E-state index < -0.39 is 5.82 Å². The number of aryl methyl sites for hydroxylation is 1. The van der Waals surface area contributed by atoms with E-state index in [0.29, 0.717) is 5.56 Å². The Labute approximate surface area is 191 Å². The van der Waals surface area contributed by atoms with E-state index in [1.807, 2.05) is 31.2 Å². The highest BCUT2D eigenvalue weighted by Crippen LogP contribution is 2.40. The molecule has 1 aliphatic rings. The summed E-state index contributed by atoms with van der Waals surface area (Å²) in [6.07, 6.45) is 4.64. The van der Waals surface area contributed by atoms with Crippen LogP contribution in [0.3, 0.4) is 0 Å². The quantitative estimate of drug-likeness (QED) is 0.461. The molecule has 5 nitrogen and oxygen atoms in total. The molecular weight excluding hydrogens is 420 g/mol. The minimum atomic E-state index is -0.452. The lowest BCUT2D eigenvalue weighted by Gasteiger charge is -2.34. The molecule has 0 saturated carbocycles. The molecule has 33 heavy (non-hydrogen) atoms. The third-order valence-corrected chi connectivity index (χ3v) is 6.24. The summed E-state index contributed by atoms with van der Waals surface area (Å²) < 4.78 is 28.2. The molecule has 2 aromatic heterocycles. The lowest BCUT2D eigenvalue weighted by atomic mass is 9.95. The summed E-state index contributed by atoms with van der Waals surface area (Å²) in [5.41, 5.74) is 17.7. The van der Waals surface area contributed by atoms with Gasteiger partial charge in [-0.05, 0) is 66.8 Å². The van der Waals surface area contributed by atoms with Gasteiger partial charge in [0.15, 0.2) is 0 Å². The summed E-state index contributed by atoms with van der Waals surface area (Å²) in [7, 11) is 0. The van der Waals surface area contributed by atoms with E-state index in [1.165, 1.54) is 18.2 Å². The molecule has 0 spiro atoms. The van der Waals surface area contributed by atoms with Gasteiger partial charge in [0.2, 0.25) is 0 Å². The van der Waals surface area contributed by atoms with Gasteiger partial charge < -0.3 is 16.4 Å². The van der Waals surface area contributed by atoms with Crippen LogP contribution >= 0.6 is 0 Å². The van der Waals surface area contributed by atoms with Crippen LogP contribution in [0.1, 0.15) is 18.4 Å². The first kappa shape index (κ1) is 21.3. The van der Waals surface area contributed by atoms with Gasteiger partial charge in [0.1, 0.15) is 17.5 Å². The molecule has 1 fully saturated rings. The number of benzene rings is 2. The van der Waals surface area contributed by atoms with Crippen LogP contribution in [-0.2, 0) is 0 Å². The Morgan fingerprint density at radius 1 is 0.879 bits per heavy atom. The van der Waals surface area contributed by atoms with E-state index in [4.69, 9.17) is 11.5 Å². The summed E-state index contributed by atoms with van der Waals surface area (Å²) in [5.74, 6) is -0.484. The Bertz CT molecular complexity index is 1330. The second kappa shape index (κ2) is 8.41. The summed E-state index contributed by atoms with van der Waals surface area (Å²) in [6, 6.07) is 12.3. The van der Waals surface area contributed by atoms with Crippen molar-refractivity contribution in [3.05, 3.63) is 72.1 Å². The topological polar surface area (TPSA) is 81.1 Å². The Hall–Kier alpha value is -3.58. The molecule has 0 aliphatic carbocycles. The number of anilines is 2. The van der Waals surface area contributed by atoms with Crippen LogP contribution in [-0.4, -0.2) is 29.1 Å². The number of halogens is 2. The van der Waals surface area contributed by atoms with Crippen molar-refractivity contribution in [2.45, 2.75) is 25.8 Å². The molecule has 2 aromatic carbocycles. The Kier molecular flexibility index (Phi) is 5.42. The van der Waals surface area contributed by atoms with Crippen molar-refractivity contribution in [2.24, 2.45) is 5.73 Å². The summed E-state index contributed by atoms with van der Waals surface area (Å²) in [6.45, 7) is 3.45. The monoisotopic (exact) mass is 445 g/mol. The van der Waals surface area contributed by atoms with Gasteiger partial charge in [-0.3, -0.25) is 4.98 Å². The molecule has 5 rings (SSSR count). The molecule has 0 amide bonds. The van der Waals surface area contributed by atoms with Gasteiger partial charge in [-0.1, -0.05) is 12.1 Å². The molecule has 0 radical (unpaired) electrons. The molecule has 7 heteroatoms. The fraction of sp³-hybridized carbons (Fsp3) is 0.231. The molecule has 0 atom stereocenters. The van der Waals surface area contributed by atoms with Crippen LogP contribution in [0.2, 0.25) is 0 Å². The number of hydrogen-bond acceptors (Lipinski definition) is 5. The van der Waals surface area contributed by atoms with Crippen molar-refractivity contribution < 1.29 is 8.78 Å². The zero-order valence-corrected chi connectivity index (χ0v) is 18.4. The van der Waals surface area contributed by atoms with Gasteiger partial charge in [-0.15, -0.1) is 0 Å². The fourth-order valence-corrected chi connectivity index (χ4v) is 4.59. The number of nitrogen functional groups attached to an aromatic ring is 1. The van der Waals surface area contributed by atoms with Crippen LogP contribution in [0.15, 0.2) is 54.9 Å². The standard InChI is InChI=1S/C26H25F2N5/c1-15-8-17(10-18(27)9-15)23-14-31-24-3-2-16(21-12-19(28)13-32-26(21)30)11-22(24)25(23)33-6-4-20(29)5-7-33/h2-3,8-14,20H,4-7,29H2,1H3,(H2,30,32). The molecule has 0 bridgehead atoms. The molecule has 3 heterocycles. The number of aromatic nitrogens is 2. The van der Waals surface area contributed by atoms with E-state index in [-0.39, 0.29) is 17.7 Å². The van der Waals surface area contributed by atoms with Crippen LogP contribution in [0, 0.1) is 18.6 Å². The second-order valence-corrected chi connectivity index (χ2v) is 8.68. The number of nitrogens with two attached hydrogens (primary N) is 2. The molecule has 0 unspecified atom stereocenters. The molecule has 1 aliphatic heterocycles. The van der Waals surface area contributed by atoms with Crippen molar-refractivity contribution in [2.75, 3.05) is 23.7 Å². The van der Waals surface area contributed by atoms with Crippen LogP contribution in [0.25, 0.3) is 33.2 Å². The van der Waals surface area contributed by atoms with Gasteiger partial charge >= 0.3 is 0 Å². The first-order chi connectivity index (χ1) is 15.9. The lowest BCUT2D eigenvalue weighted by molar-refractivity contribution is 0.502. The second-order valence-electron chi connectivity index (χ2n) is 8.68. The normalized spacial score (nSPS) is 14.7. The maximum atomic E-state index is 14.3. The summed E-state index contributed by atoms with van der Waals surface area (Å²) in [4.78, 5) is 10.9. The number of piperidine rings is 1. The van der Waals surface area contributed by atoms with Crippen LogP contribution < -0.4 is 16.4 Å². The SMILES string of the molecule is Cc1cc(F)cc(-c2cnc3ccc(-c4cc(F)cnc4N)cc3c2N2CCC(N)CC2)c1. The smallest absolute Gasteiger partial charge is 0.142 e. The lowest BCUT2D eigenvalue weighted by Crippen LogP contribution is -2.40.